The second-order valence-corrected chi connectivity index (χ2v) is 4.86. The molecule has 2 fully saturated rings. The van der Waals surface area contributed by atoms with Crippen molar-refractivity contribution in [2.24, 2.45) is 5.92 Å². The summed E-state index contributed by atoms with van der Waals surface area (Å²) in [6, 6.07) is 6.42. The molecule has 0 amide bonds. The van der Waals surface area contributed by atoms with Crippen molar-refractivity contribution in [2.75, 3.05) is 24.5 Å². The number of fused-ring (bicyclic) bond motifs is 1. The maximum absolute atomic E-state index is 8.90. The third kappa shape index (κ3) is 1.98. The normalized spacial score (nSPS) is 27.6. The fourth-order valence-corrected chi connectivity index (χ4v) is 2.90. The largest absolute Gasteiger partial charge is 0.355 e. The van der Waals surface area contributed by atoms with Crippen LogP contribution in [0.15, 0.2) is 18.3 Å². The molecular formula is C13H16N4. The monoisotopic (exact) mass is 228 g/mol. The predicted octanol–water partition coefficient (Wildman–Crippen LogP) is 1.14. The van der Waals surface area contributed by atoms with Crippen LogP contribution in [0.1, 0.15) is 18.4 Å². The molecule has 0 spiro atoms. The Morgan fingerprint density at radius 2 is 2.41 bits per heavy atom. The van der Waals surface area contributed by atoms with Gasteiger partial charge in [0.05, 0.1) is 11.6 Å². The van der Waals surface area contributed by atoms with Crippen LogP contribution in [0.25, 0.3) is 0 Å². The highest BCUT2D eigenvalue weighted by molar-refractivity contribution is 5.45. The quantitative estimate of drug-likeness (QED) is 0.783. The summed E-state index contributed by atoms with van der Waals surface area (Å²) in [5.41, 5.74) is 0.691. The van der Waals surface area contributed by atoms with Gasteiger partial charge < -0.3 is 10.2 Å². The first kappa shape index (κ1) is 10.5. The first-order valence-electron chi connectivity index (χ1n) is 6.21. The molecule has 2 aliphatic heterocycles. The Balaban J connectivity index is 1.78. The third-order valence-electron chi connectivity index (χ3n) is 3.88. The van der Waals surface area contributed by atoms with Gasteiger partial charge in [-0.1, -0.05) is 0 Å². The molecule has 0 aliphatic carbocycles. The van der Waals surface area contributed by atoms with Crippen LogP contribution in [0.5, 0.6) is 0 Å². The van der Waals surface area contributed by atoms with Gasteiger partial charge in [-0.25, -0.2) is 4.98 Å². The van der Waals surface area contributed by atoms with E-state index in [4.69, 9.17) is 5.26 Å². The number of nitriles is 1. The summed E-state index contributed by atoms with van der Waals surface area (Å²) >= 11 is 0. The van der Waals surface area contributed by atoms with Gasteiger partial charge in [-0.2, -0.15) is 5.26 Å². The minimum Gasteiger partial charge on any atom is -0.355 e. The van der Waals surface area contributed by atoms with Gasteiger partial charge >= 0.3 is 0 Å². The lowest BCUT2D eigenvalue weighted by Crippen LogP contribution is -2.46. The lowest BCUT2D eigenvalue weighted by Gasteiger charge is -2.35. The Kier molecular flexibility index (Phi) is 2.69. The Hall–Kier alpha value is -1.60. The van der Waals surface area contributed by atoms with Crippen LogP contribution in [0.4, 0.5) is 5.82 Å². The first-order valence-corrected chi connectivity index (χ1v) is 6.21. The molecule has 0 radical (unpaired) electrons. The summed E-state index contributed by atoms with van der Waals surface area (Å²) in [5.74, 6) is 1.78. The number of piperidine rings is 1. The highest BCUT2D eigenvalue weighted by atomic mass is 15.2. The fourth-order valence-electron chi connectivity index (χ4n) is 2.90. The molecule has 3 rings (SSSR count). The zero-order valence-corrected chi connectivity index (χ0v) is 9.76. The highest BCUT2D eigenvalue weighted by Gasteiger charge is 2.32. The lowest BCUT2D eigenvalue weighted by atomic mass is 9.92. The molecule has 17 heavy (non-hydrogen) atoms. The standard InChI is InChI=1S/C13H16N4/c14-8-10-1-4-16-13(7-10)17-6-3-11-2-5-15-12(11)9-17/h1,4,7,11-12,15H,2-3,5-6,9H2. The van der Waals surface area contributed by atoms with Crippen molar-refractivity contribution in [3.8, 4) is 6.07 Å². The molecule has 4 heteroatoms. The number of nitrogens with zero attached hydrogens (tertiary/aromatic N) is 3. The zero-order valence-electron chi connectivity index (χ0n) is 9.76. The topological polar surface area (TPSA) is 52.0 Å². The van der Waals surface area contributed by atoms with E-state index < -0.39 is 0 Å². The van der Waals surface area contributed by atoms with Gasteiger partial charge in [0.1, 0.15) is 5.82 Å². The second-order valence-electron chi connectivity index (χ2n) is 4.86. The van der Waals surface area contributed by atoms with E-state index in [0.29, 0.717) is 11.6 Å². The van der Waals surface area contributed by atoms with Crippen LogP contribution >= 0.6 is 0 Å². The molecule has 0 bridgehead atoms. The summed E-state index contributed by atoms with van der Waals surface area (Å²) < 4.78 is 0. The van der Waals surface area contributed by atoms with Crippen molar-refractivity contribution in [3.05, 3.63) is 23.9 Å². The van der Waals surface area contributed by atoms with Gasteiger partial charge in [0.15, 0.2) is 0 Å². The number of hydrogen-bond donors (Lipinski definition) is 1. The molecule has 1 aromatic heterocycles. The molecule has 0 aromatic carbocycles. The van der Waals surface area contributed by atoms with E-state index in [1.54, 1.807) is 12.3 Å². The van der Waals surface area contributed by atoms with Gasteiger partial charge in [-0.3, -0.25) is 0 Å². The third-order valence-corrected chi connectivity index (χ3v) is 3.88. The molecule has 1 aromatic rings. The van der Waals surface area contributed by atoms with Crippen LogP contribution in [-0.4, -0.2) is 30.7 Å². The van der Waals surface area contributed by atoms with E-state index >= 15 is 0 Å². The molecule has 2 aliphatic rings. The number of pyridine rings is 1. The second kappa shape index (κ2) is 4.34. The molecule has 3 heterocycles. The van der Waals surface area contributed by atoms with Crippen molar-refractivity contribution in [1.82, 2.24) is 10.3 Å². The number of anilines is 1. The van der Waals surface area contributed by atoms with Crippen LogP contribution in [0.2, 0.25) is 0 Å². The van der Waals surface area contributed by atoms with Crippen molar-refractivity contribution < 1.29 is 0 Å². The molecule has 2 atom stereocenters. The van der Waals surface area contributed by atoms with E-state index in [9.17, 15) is 0 Å². The number of nitrogens with one attached hydrogen (secondary N) is 1. The molecule has 0 saturated carbocycles. The number of hydrogen-bond acceptors (Lipinski definition) is 4. The summed E-state index contributed by atoms with van der Waals surface area (Å²) in [4.78, 5) is 6.66. The smallest absolute Gasteiger partial charge is 0.129 e. The Bertz CT molecular complexity index is 451. The summed E-state index contributed by atoms with van der Waals surface area (Å²) in [6.45, 7) is 3.23. The Morgan fingerprint density at radius 1 is 1.47 bits per heavy atom. The summed E-state index contributed by atoms with van der Waals surface area (Å²) in [5, 5.41) is 12.5. The van der Waals surface area contributed by atoms with E-state index in [-0.39, 0.29) is 0 Å². The van der Waals surface area contributed by atoms with E-state index in [1.807, 2.05) is 6.07 Å². The Labute approximate surface area is 101 Å². The lowest BCUT2D eigenvalue weighted by molar-refractivity contribution is 0.372. The van der Waals surface area contributed by atoms with E-state index in [0.717, 1.165) is 31.4 Å². The van der Waals surface area contributed by atoms with Gasteiger partial charge in [0.2, 0.25) is 0 Å². The van der Waals surface area contributed by atoms with Gasteiger partial charge in [-0.15, -0.1) is 0 Å². The minimum absolute atomic E-state index is 0.608. The minimum atomic E-state index is 0.608. The maximum Gasteiger partial charge on any atom is 0.129 e. The predicted molar refractivity (Wildman–Crippen MR) is 65.7 cm³/mol. The summed E-state index contributed by atoms with van der Waals surface area (Å²) in [6.07, 6.45) is 4.27. The molecular weight excluding hydrogens is 212 g/mol. The summed E-state index contributed by atoms with van der Waals surface area (Å²) in [7, 11) is 0. The van der Waals surface area contributed by atoms with Gasteiger partial charge in [-0.05, 0) is 37.4 Å². The van der Waals surface area contributed by atoms with Crippen molar-refractivity contribution in [2.45, 2.75) is 18.9 Å². The zero-order chi connectivity index (χ0) is 11.7. The van der Waals surface area contributed by atoms with Crippen LogP contribution in [0, 0.1) is 17.2 Å². The molecule has 2 saturated heterocycles. The van der Waals surface area contributed by atoms with Crippen LogP contribution in [0.3, 0.4) is 0 Å². The van der Waals surface area contributed by atoms with Crippen LogP contribution in [-0.2, 0) is 0 Å². The SMILES string of the molecule is N#Cc1ccnc(N2CCC3CCNC3C2)c1. The average molecular weight is 228 g/mol. The fraction of sp³-hybridized carbons (Fsp3) is 0.538. The highest BCUT2D eigenvalue weighted by Crippen LogP contribution is 2.27. The molecule has 1 N–H and O–H groups in total. The molecule has 2 unspecified atom stereocenters. The van der Waals surface area contributed by atoms with Gasteiger partial charge in [0, 0.05) is 25.3 Å². The maximum atomic E-state index is 8.90. The molecule has 88 valence electrons. The first-order chi connectivity index (χ1) is 8.36. The van der Waals surface area contributed by atoms with E-state index in [2.05, 4.69) is 21.3 Å². The van der Waals surface area contributed by atoms with Crippen molar-refractivity contribution in [1.29, 1.82) is 5.26 Å². The van der Waals surface area contributed by atoms with Crippen molar-refractivity contribution >= 4 is 5.82 Å². The van der Waals surface area contributed by atoms with Gasteiger partial charge in [0.25, 0.3) is 0 Å². The molecule has 4 nitrogen and oxygen atoms in total. The number of rotatable bonds is 1. The Morgan fingerprint density at radius 3 is 3.29 bits per heavy atom. The van der Waals surface area contributed by atoms with Crippen LogP contribution < -0.4 is 10.2 Å². The van der Waals surface area contributed by atoms with E-state index in [1.165, 1.54) is 12.8 Å². The van der Waals surface area contributed by atoms with Crippen molar-refractivity contribution in [3.63, 3.8) is 0 Å². The average Bonchev–Trinajstić information content (AvgIpc) is 2.86. The number of aromatic nitrogens is 1.